The maximum absolute atomic E-state index is 5.30. The molecule has 0 atom stereocenters. The van der Waals surface area contributed by atoms with Gasteiger partial charge in [-0.1, -0.05) is 6.08 Å². The number of nitrogens with one attached hydrogen (secondary N) is 1. The molecule has 0 saturated carbocycles. The Balaban J connectivity index is 2.69. The summed E-state index contributed by atoms with van der Waals surface area (Å²) in [6.07, 6.45) is 7.06. The molecule has 1 aliphatic rings. The summed E-state index contributed by atoms with van der Waals surface area (Å²) in [5.41, 5.74) is 7.91. The predicted octanol–water partition coefficient (Wildman–Crippen LogP) is -0.0683. The lowest BCUT2D eigenvalue weighted by Gasteiger charge is -1.86. The summed E-state index contributed by atoms with van der Waals surface area (Å²) in [6, 6.07) is 0. The minimum absolute atomic E-state index is 0.495. The lowest BCUT2D eigenvalue weighted by atomic mass is 10.5. The molecule has 0 aromatic heterocycles. The van der Waals surface area contributed by atoms with Gasteiger partial charge in [-0.3, -0.25) is 5.43 Å². The molecule has 0 saturated heterocycles. The lowest BCUT2D eigenvalue weighted by molar-refractivity contribution is 0.968. The minimum Gasteiger partial charge on any atom is -0.382 e. The van der Waals surface area contributed by atoms with Gasteiger partial charge in [0.05, 0.1) is 0 Å². The number of rotatable bonds is 0. The highest BCUT2D eigenvalue weighted by molar-refractivity contribution is 5.91. The second-order valence-corrected chi connectivity index (χ2v) is 1.38. The normalized spacial score (nSPS) is 16.8. The van der Waals surface area contributed by atoms with Crippen LogP contribution in [0.2, 0.25) is 0 Å². The van der Waals surface area contributed by atoms with Crippen molar-refractivity contribution in [1.29, 1.82) is 0 Å². The van der Waals surface area contributed by atoms with E-state index < -0.39 is 0 Å². The molecule has 0 bridgehead atoms. The van der Waals surface area contributed by atoms with Gasteiger partial charge in [0.2, 0.25) is 0 Å². The zero-order valence-corrected chi connectivity index (χ0v) is 4.33. The Bertz CT molecular complexity index is 152. The van der Waals surface area contributed by atoms with E-state index in [-0.39, 0.29) is 0 Å². The van der Waals surface area contributed by atoms with Crippen molar-refractivity contribution in [2.75, 3.05) is 0 Å². The summed E-state index contributed by atoms with van der Waals surface area (Å²) < 4.78 is 0. The van der Waals surface area contributed by atoms with E-state index in [1.165, 1.54) is 0 Å². The first-order chi connectivity index (χ1) is 3.89. The van der Waals surface area contributed by atoms with Crippen LogP contribution in [0.1, 0.15) is 0 Å². The zero-order chi connectivity index (χ0) is 5.82. The summed E-state index contributed by atoms with van der Waals surface area (Å²) >= 11 is 0. The Morgan fingerprint density at radius 2 is 2.38 bits per heavy atom. The number of amidine groups is 1. The van der Waals surface area contributed by atoms with Crippen LogP contribution in [-0.2, 0) is 0 Å². The topological polar surface area (TPSA) is 50.4 Å². The number of allylic oxidation sites excluding steroid dienone is 2. The van der Waals surface area contributed by atoms with Crippen molar-refractivity contribution in [3.05, 3.63) is 24.4 Å². The van der Waals surface area contributed by atoms with Gasteiger partial charge in [-0.15, -0.1) is 0 Å². The fourth-order valence-corrected chi connectivity index (χ4v) is 0.402. The van der Waals surface area contributed by atoms with Crippen LogP contribution in [0, 0.1) is 0 Å². The van der Waals surface area contributed by atoms with Gasteiger partial charge in [0.1, 0.15) is 5.84 Å². The molecule has 1 rings (SSSR count). The van der Waals surface area contributed by atoms with Crippen LogP contribution in [0.15, 0.2) is 29.5 Å². The molecule has 3 N–H and O–H groups in total. The largest absolute Gasteiger partial charge is 0.382 e. The molecule has 0 aromatic rings. The van der Waals surface area contributed by atoms with Gasteiger partial charge in [-0.25, -0.2) is 0 Å². The number of hydrogen-bond donors (Lipinski definition) is 2. The molecule has 0 aromatic carbocycles. The third kappa shape index (κ3) is 1.11. The van der Waals surface area contributed by atoms with E-state index >= 15 is 0 Å². The van der Waals surface area contributed by atoms with Crippen LogP contribution in [0.5, 0.6) is 0 Å². The van der Waals surface area contributed by atoms with Gasteiger partial charge >= 0.3 is 0 Å². The smallest absolute Gasteiger partial charge is 0.143 e. The highest BCUT2D eigenvalue weighted by Gasteiger charge is 1.81. The number of hydrogen-bond acceptors (Lipinski definition) is 3. The Kier molecular flexibility index (Phi) is 1.32. The van der Waals surface area contributed by atoms with E-state index in [1.807, 2.05) is 12.2 Å². The molecule has 42 valence electrons. The van der Waals surface area contributed by atoms with E-state index in [0.29, 0.717) is 5.84 Å². The van der Waals surface area contributed by atoms with Crippen molar-refractivity contribution in [1.82, 2.24) is 5.43 Å². The van der Waals surface area contributed by atoms with Gasteiger partial charge in [0.25, 0.3) is 0 Å². The number of nitrogens with zero attached hydrogens (tertiary/aromatic N) is 1. The van der Waals surface area contributed by atoms with Crippen molar-refractivity contribution in [2.45, 2.75) is 0 Å². The average Bonchev–Trinajstić information content (AvgIpc) is 1.94. The third-order valence-electron chi connectivity index (χ3n) is 0.743. The first-order valence-electron chi connectivity index (χ1n) is 2.31. The monoisotopic (exact) mass is 109 g/mol. The van der Waals surface area contributed by atoms with E-state index in [2.05, 4.69) is 10.5 Å². The molecule has 8 heavy (non-hydrogen) atoms. The molecule has 3 nitrogen and oxygen atoms in total. The van der Waals surface area contributed by atoms with E-state index in [9.17, 15) is 0 Å². The fourth-order valence-electron chi connectivity index (χ4n) is 0.402. The Morgan fingerprint density at radius 1 is 1.50 bits per heavy atom. The summed E-state index contributed by atoms with van der Waals surface area (Å²) in [7, 11) is 0. The van der Waals surface area contributed by atoms with E-state index in [0.717, 1.165) is 0 Å². The summed E-state index contributed by atoms with van der Waals surface area (Å²) in [5, 5.41) is 3.69. The minimum atomic E-state index is 0.495. The van der Waals surface area contributed by atoms with E-state index in [4.69, 9.17) is 5.73 Å². The Morgan fingerprint density at radius 3 is 3.25 bits per heavy atom. The molecule has 1 aliphatic heterocycles. The summed E-state index contributed by atoms with van der Waals surface area (Å²) in [4.78, 5) is 0. The molecule has 1 heterocycles. The molecular formula is C5H7N3. The Hall–Kier alpha value is -1.25. The predicted molar refractivity (Wildman–Crippen MR) is 33.0 cm³/mol. The number of nitrogens with two attached hydrogens (primary N) is 1. The van der Waals surface area contributed by atoms with Crippen LogP contribution < -0.4 is 11.2 Å². The van der Waals surface area contributed by atoms with Crippen LogP contribution in [0.3, 0.4) is 0 Å². The lowest BCUT2D eigenvalue weighted by Crippen LogP contribution is -2.10. The summed E-state index contributed by atoms with van der Waals surface area (Å²) in [5.74, 6) is 0.495. The van der Waals surface area contributed by atoms with Crippen LogP contribution in [-0.4, -0.2) is 5.84 Å². The number of hydrazone groups is 1. The summed E-state index contributed by atoms with van der Waals surface area (Å²) in [6.45, 7) is 0. The molecule has 0 amide bonds. The van der Waals surface area contributed by atoms with Gasteiger partial charge in [0, 0.05) is 6.20 Å². The first kappa shape index (κ1) is 4.90. The molecule has 0 radical (unpaired) electrons. The first-order valence-corrected chi connectivity index (χ1v) is 2.31. The van der Waals surface area contributed by atoms with Crippen molar-refractivity contribution >= 4 is 5.84 Å². The van der Waals surface area contributed by atoms with Crippen molar-refractivity contribution in [3.8, 4) is 0 Å². The van der Waals surface area contributed by atoms with Crippen molar-refractivity contribution in [2.24, 2.45) is 10.8 Å². The third-order valence-corrected chi connectivity index (χ3v) is 0.743. The van der Waals surface area contributed by atoms with Crippen LogP contribution >= 0.6 is 0 Å². The molecule has 0 spiro atoms. The average molecular weight is 109 g/mol. The van der Waals surface area contributed by atoms with Crippen LogP contribution in [0.25, 0.3) is 0 Å². The van der Waals surface area contributed by atoms with Gasteiger partial charge in [0.15, 0.2) is 0 Å². The molecule has 0 aliphatic carbocycles. The highest BCUT2D eigenvalue weighted by atomic mass is 15.3. The maximum Gasteiger partial charge on any atom is 0.143 e. The van der Waals surface area contributed by atoms with Crippen molar-refractivity contribution < 1.29 is 0 Å². The molecule has 0 fully saturated rings. The molecule has 0 unspecified atom stereocenters. The molecular weight excluding hydrogens is 102 g/mol. The maximum atomic E-state index is 5.30. The quantitative estimate of drug-likeness (QED) is 0.457. The molecule has 3 heteroatoms. The second kappa shape index (κ2) is 2.16. The standard InChI is InChI=1S/C5H7N3/c6-5-3-1-2-4-7-8-5/h1-4,7H,(H2,6,8). The Labute approximate surface area is 47.6 Å². The van der Waals surface area contributed by atoms with Gasteiger partial charge in [-0.2, -0.15) is 5.10 Å². The second-order valence-electron chi connectivity index (χ2n) is 1.38. The highest BCUT2D eigenvalue weighted by Crippen LogP contribution is 1.80. The van der Waals surface area contributed by atoms with Crippen LogP contribution in [0.4, 0.5) is 0 Å². The van der Waals surface area contributed by atoms with Gasteiger partial charge in [-0.05, 0) is 12.2 Å². The SMILES string of the molecule is NC1=NNC=CC=C1. The van der Waals surface area contributed by atoms with Gasteiger partial charge < -0.3 is 5.73 Å². The van der Waals surface area contributed by atoms with Crippen molar-refractivity contribution in [3.63, 3.8) is 0 Å². The van der Waals surface area contributed by atoms with E-state index in [1.54, 1.807) is 12.3 Å². The fraction of sp³-hybridized carbons (Fsp3) is 0. The zero-order valence-electron chi connectivity index (χ0n) is 4.33.